The molecule has 2 aromatic rings. The summed E-state index contributed by atoms with van der Waals surface area (Å²) in [5.41, 5.74) is 1.21. The van der Waals surface area contributed by atoms with Crippen LogP contribution in [-0.4, -0.2) is 18.9 Å². The Morgan fingerprint density at radius 2 is 1.70 bits per heavy atom. The molecule has 0 saturated heterocycles. The molecule has 0 bridgehead atoms. The Hall–Kier alpha value is -2.24. The van der Waals surface area contributed by atoms with Crippen LogP contribution in [0.1, 0.15) is 17.3 Å². The molecule has 0 heterocycles. The zero-order valence-electron chi connectivity index (χ0n) is 12.4. The van der Waals surface area contributed by atoms with E-state index in [0.29, 0.717) is 22.1 Å². The predicted octanol–water partition coefficient (Wildman–Crippen LogP) is 4.21. The van der Waals surface area contributed by atoms with Crippen LogP contribution in [-0.2, 0) is 4.79 Å². The van der Waals surface area contributed by atoms with Gasteiger partial charge in [-0.05, 0) is 30.3 Å². The minimum atomic E-state index is -0.388. The van der Waals surface area contributed by atoms with Gasteiger partial charge in [0.25, 0.3) is 5.91 Å². The van der Waals surface area contributed by atoms with Gasteiger partial charge in [-0.15, -0.1) is 0 Å². The van der Waals surface area contributed by atoms with Crippen molar-refractivity contribution < 1.29 is 14.3 Å². The van der Waals surface area contributed by atoms with Crippen LogP contribution < -0.4 is 15.4 Å². The molecule has 0 atom stereocenters. The topological polar surface area (TPSA) is 67.4 Å². The third-order valence-corrected chi connectivity index (χ3v) is 3.51. The van der Waals surface area contributed by atoms with Gasteiger partial charge in [-0.3, -0.25) is 9.59 Å². The molecule has 2 N–H and O–H groups in total. The lowest BCUT2D eigenvalue weighted by atomic mass is 10.1. The number of anilines is 2. The Kier molecular flexibility index (Phi) is 5.47. The van der Waals surface area contributed by atoms with Gasteiger partial charge in [0.15, 0.2) is 0 Å². The Labute approximate surface area is 143 Å². The van der Waals surface area contributed by atoms with Gasteiger partial charge < -0.3 is 15.4 Å². The van der Waals surface area contributed by atoms with Crippen LogP contribution in [0.2, 0.25) is 10.0 Å². The Bertz CT molecular complexity index is 746. The van der Waals surface area contributed by atoms with Crippen LogP contribution >= 0.6 is 23.2 Å². The van der Waals surface area contributed by atoms with E-state index < -0.39 is 0 Å². The van der Waals surface area contributed by atoms with E-state index in [4.69, 9.17) is 27.9 Å². The summed E-state index contributed by atoms with van der Waals surface area (Å²) in [6.45, 7) is 1.37. The SMILES string of the molecule is COc1cc(NC(C)=O)c(Cl)cc1C(=O)Nc1ccc(Cl)cc1. The van der Waals surface area contributed by atoms with Gasteiger partial charge in [0.05, 0.1) is 23.4 Å². The second-order valence-corrected chi connectivity index (χ2v) is 5.52. The van der Waals surface area contributed by atoms with Crippen LogP contribution in [0, 0.1) is 0 Å². The first-order valence-corrected chi connectivity index (χ1v) is 7.38. The van der Waals surface area contributed by atoms with E-state index in [1.54, 1.807) is 24.3 Å². The number of hydrogen-bond acceptors (Lipinski definition) is 3. The monoisotopic (exact) mass is 352 g/mol. The first kappa shape index (κ1) is 17.1. The first-order chi connectivity index (χ1) is 10.9. The summed E-state index contributed by atoms with van der Waals surface area (Å²) in [7, 11) is 1.43. The maximum atomic E-state index is 12.4. The molecular formula is C16H14Cl2N2O3. The molecule has 0 fully saturated rings. The highest BCUT2D eigenvalue weighted by atomic mass is 35.5. The molecule has 2 rings (SSSR count). The summed E-state index contributed by atoms with van der Waals surface area (Å²) in [4.78, 5) is 23.5. The average molecular weight is 353 g/mol. The highest BCUT2D eigenvalue weighted by molar-refractivity contribution is 6.34. The number of halogens is 2. The molecule has 2 aromatic carbocycles. The third kappa shape index (κ3) is 4.37. The summed E-state index contributed by atoms with van der Waals surface area (Å²) in [5.74, 6) is -0.364. The molecule has 120 valence electrons. The van der Waals surface area contributed by atoms with E-state index in [2.05, 4.69) is 10.6 Å². The van der Waals surface area contributed by atoms with Crippen molar-refractivity contribution in [1.82, 2.24) is 0 Å². The molecule has 0 radical (unpaired) electrons. The minimum Gasteiger partial charge on any atom is -0.496 e. The smallest absolute Gasteiger partial charge is 0.259 e. The number of methoxy groups -OCH3 is 1. The van der Waals surface area contributed by atoms with E-state index >= 15 is 0 Å². The molecule has 0 spiro atoms. The molecule has 0 aromatic heterocycles. The lowest BCUT2D eigenvalue weighted by molar-refractivity contribution is -0.114. The maximum Gasteiger partial charge on any atom is 0.259 e. The van der Waals surface area contributed by atoms with Crippen molar-refractivity contribution in [2.24, 2.45) is 0 Å². The summed E-state index contributed by atoms with van der Waals surface area (Å²) in [6, 6.07) is 9.64. The summed E-state index contributed by atoms with van der Waals surface area (Å²) in [6.07, 6.45) is 0. The molecule has 23 heavy (non-hydrogen) atoms. The number of hydrogen-bond donors (Lipinski definition) is 2. The lowest BCUT2D eigenvalue weighted by Crippen LogP contribution is -2.14. The van der Waals surface area contributed by atoms with Crippen LogP contribution in [0.25, 0.3) is 0 Å². The fourth-order valence-electron chi connectivity index (χ4n) is 1.92. The molecule has 0 saturated carbocycles. The largest absolute Gasteiger partial charge is 0.496 e. The third-order valence-electron chi connectivity index (χ3n) is 2.95. The fraction of sp³-hybridized carbons (Fsp3) is 0.125. The maximum absolute atomic E-state index is 12.4. The van der Waals surface area contributed by atoms with Crippen molar-refractivity contribution in [2.75, 3.05) is 17.7 Å². The van der Waals surface area contributed by atoms with E-state index in [0.717, 1.165) is 0 Å². The van der Waals surface area contributed by atoms with Crippen molar-refractivity contribution in [3.63, 3.8) is 0 Å². The predicted molar refractivity (Wildman–Crippen MR) is 91.7 cm³/mol. The molecule has 0 aliphatic heterocycles. The number of rotatable bonds is 4. The van der Waals surface area contributed by atoms with Crippen molar-refractivity contribution in [1.29, 1.82) is 0 Å². The normalized spacial score (nSPS) is 10.1. The molecule has 5 nitrogen and oxygen atoms in total. The summed E-state index contributed by atoms with van der Waals surface area (Å²) < 4.78 is 5.21. The second-order valence-electron chi connectivity index (χ2n) is 4.67. The number of benzene rings is 2. The van der Waals surface area contributed by atoms with Crippen LogP contribution in [0.3, 0.4) is 0 Å². The number of ether oxygens (including phenoxy) is 1. The Morgan fingerprint density at radius 1 is 1.04 bits per heavy atom. The Morgan fingerprint density at radius 3 is 2.26 bits per heavy atom. The van der Waals surface area contributed by atoms with Crippen molar-refractivity contribution >= 4 is 46.4 Å². The zero-order chi connectivity index (χ0) is 17.0. The summed E-state index contributed by atoms with van der Waals surface area (Å²) >= 11 is 11.9. The number of amides is 2. The van der Waals surface area contributed by atoms with Gasteiger partial charge in [-0.2, -0.15) is 0 Å². The molecule has 0 aliphatic carbocycles. The van der Waals surface area contributed by atoms with Gasteiger partial charge in [-0.25, -0.2) is 0 Å². The van der Waals surface area contributed by atoms with Gasteiger partial charge in [0.2, 0.25) is 5.91 Å². The Balaban J connectivity index is 2.30. The van der Waals surface area contributed by atoms with Gasteiger partial charge >= 0.3 is 0 Å². The van der Waals surface area contributed by atoms with Crippen molar-refractivity contribution in [2.45, 2.75) is 6.92 Å². The molecule has 2 amide bonds. The van der Waals surface area contributed by atoms with Crippen LogP contribution in [0.15, 0.2) is 36.4 Å². The fourth-order valence-corrected chi connectivity index (χ4v) is 2.25. The van der Waals surface area contributed by atoms with Gasteiger partial charge in [0, 0.05) is 23.7 Å². The number of carbonyl (C=O) groups is 2. The molecule has 0 aliphatic rings. The van der Waals surface area contributed by atoms with Crippen molar-refractivity contribution in [3.8, 4) is 5.75 Å². The van der Waals surface area contributed by atoms with E-state index in [1.807, 2.05) is 0 Å². The summed E-state index contributed by atoms with van der Waals surface area (Å²) in [5, 5.41) is 6.11. The average Bonchev–Trinajstić information content (AvgIpc) is 2.50. The highest BCUT2D eigenvalue weighted by Gasteiger charge is 2.16. The number of nitrogens with one attached hydrogen (secondary N) is 2. The van der Waals surface area contributed by atoms with E-state index in [9.17, 15) is 9.59 Å². The van der Waals surface area contributed by atoms with E-state index in [1.165, 1.54) is 26.2 Å². The van der Waals surface area contributed by atoms with Gasteiger partial charge in [0.1, 0.15) is 5.75 Å². The lowest BCUT2D eigenvalue weighted by Gasteiger charge is -2.13. The molecule has 0 unspecified atom stereocenters. The first-order valence-electron chi connectivity index (χ1n) is 6.62. The van der Waals surface area contributed by atoms with E-state index in [-0.39, 0.29) is 22.4 Å². The van der Waals surface area contributed by atoms with Gasteiger partial charge in [-0.1, -0.05) is 23.2 Å². The second kappa shape index (κ2) is 7.35. The quantitative estimate of drug-likeness (QED) is 0.865. The standard InChI is InChI=1S/C16H14Cl2N2O3/c1-9(21)19-14-8-15(23-2)12(7-13(14)18)16(22)20-11-5-3-10(17)4-6-11/h3-8H,1-2H3,(H,19,21)(H,20,22). The highest BCUT2D eigenvalue weighted by Crippen LogP contribution is 2.31. The molecular weight excluding hydrogens is 339 g/mol. The van der Waals surface area contributed by atoms with Crippen LogP contribution in [0.4, 0.5) is 11.4 Å². The van der Waals surface area contributed by atoms with Crippen LogP contribution in [0.5, 0.6) is 5.75 Å². The zero-order valence-corrected chi connectivity index (χ0v) is 14.0. The molecule has 7 heteroatoms. The van der Waals surface area contributed by atoms with Crippen molar-refractivity contribution in [3.05, 3.63) is 52.0 Å². The minimum absolute atomic E-state index is 0.238. The number of carbonyl (C=O) groups excluding carboxylic acids is 2.